The van der Waals surface area contributed by atoms with Gasteiger partial charge in [-0.1, -0.05) is 23.2 Å². The van der Waals surface area contributed by atoms with Crippen molar-refractivity contribution in [1.82, 2.24) is 0 Å². The fourth-order valence-corrected chi connectivity index (χ4v) is 0.682. The number of hydrogen-bond acceptors (Lipinski definition) is 0. The van der Waals surface area contributed by atoms with E-state index < -0.39 is 8.14 Å². The Morgan fingerprint density at radius 3 is 1.18 bits per heavy atom. The van der Waals surface area contributed by atoms with Gasteiger partial charge in [0.15, 0.2) is 0 Å². The van der Waals surface area contributed by atoms with E-state index in [1.165, 1.54) is 0 Å². The number of halogens is 4. The van der Waals surface area contributed by atoms with Crippen molar-refractivity contribution in [3.05, 3.63) is 34.3 Å². The summed E-state index contributed by atoms with van der Waals surface area (Å²) >= 11 is 20.9. The summed E-state index contributed by atoms with van der Waals surface area (Å²) in [5.41, 5.74) is 0. The molecule has 0 heterocycles. The molecule has 0 nitrogen and oxygen atoms in total. The van der Waals surface area contributed by atoms with Crippen LogP contribution in [0.4, 0.5) is 0 Å². The molecule has 62 valence electrons. The van der Waals surface area contributed by atoms with Crippen molar-refractivity contribution < 1.29 is 0 Å². The highest BCUT2D eigenvalue weighted by atomic mass is 35.7. The Hall–Kier alpha value is 0.597. The maximum Gasteiger partial charge on any atom is 0.222 e. The SMILES string of the molecule is Cl[SiH2]Cl.Clc1ccc(Cl)cc1. The van der Waals surface area contributed by atoms with Crippen LogP contribution in [0, 0.1) is 0 Å². The van der Waals surface area contributed by atoms with Crippen LogP contribution in [0.1, 0.15) is 0 Å². The van der Waals surface area contributed by atoms with Gasteiger partial charge in [-0.15, -0.1) is 0 Å². The van der Waals surface area contributed by atoms with Crippen LogP contribution in [-0.2, 0) is 0 Å². The molecule has 0 aliphatic rings. The predicted octanol–water partition coefficient (Wildman–Crippen LogP) is 3.46. The van der Waals surface area contributed by atoms with Crippen LogP contribution in [0.25, 0.3) is 0 Å². The summed E-state index contributed by atoms with van der Waals surface area (Å²) in [6.45, 7) is 0. The summed E-state index contributed by atoms with van der Waals surface area (Å²) in [7, 11) is -0.639. The molecule has 0 fully saturated rings. The topological polar surface area (TPSA) is 0 Å². The van der Waals surface area contributed by atoms with Crippen LogP contribution in [0.3, 0.4) is 0 Å². The Bertz CT molecular complexity index is 165. The summed E-state index contributed by atoms with van der Waals surface area (Å²) in [6, 6.07) is 7.02. The molecule has 5 heteroatoms. The quantitative estimate of drug-likeness (QED) is 0.487. The van der Waals surface area contributed by atoms with E-state index in [4.69, 9.17) is 45.4 Å². The first-order valence-corrected chi connectivity index (χ1v) is 7.77. The van der Waals surface area contributed by atoms with Crippen LogP contribution in [0.15, 0.2) is 24.3 Å². The number of benzene rings is 1. The molecule has 0 radical (unpaired) electrons. The molecule has 0 amide bonds. The normalized spacial score (nSPS) is 8.36. The molecular weight excluding hydrogens is 242 g/mol. The molecule has 0 aliphatic heterocycles. The van der Waals surface area contributed by atoms with E-state index in [-0.39, 0.29) is 0 Å². The van der Waals surface area contributed by atoms with E-state index in [1.54, 1.807) is 24.3 Å². The highest BCUT2D eigenvalue weighted by Gasteiger charge is 1.83. The van der Waals surface area contributed by atoms with Gasteiger partial charge in [0.25, 0.3) is 0 Å². The summed E-state index contributed by atoms with van der Waals surface area (Å²) in [4.78, 5) is 0. The zero-order valence-electron chi connectivity index (χ0n) is 5.53. The third-order valence-corrected chi connectivity index (χ3v) is 1.31. The highest BCUT2D eigenvalue weighted by molar-refractivity contribution is 7.22. The van der Waals surface area contributed by atoms with Gasteiger partial charge in [0.05, 0.1) is 0 Å². The first-order chi connectivity index (χ1) is 5.20. The molecule has 0 N–H and O–H groups in total. The number of hydrogen-bond donors (Lipinski definition) is 0. The van der Waals surface area contributed by atoms with Gasteiger partial charge in [-0.05, 0) is 24.3 Å². The Kier molecular flexibility index (Phi) is 7.65. The monoisotopic (exact) mass is 246 g/mol. The van der Waals surface area contributed by atoms with Crippen LogP contribution in [0.5, 0.6) is 0 Å². The standard InChI is InChI=1S/C6H4Cl2.Cl2H2Si/c7-5-1-2-6(8)4-3-5;1-3-2/h1-4H;3H2. The van der Waals surface area contributed by atoms with Crippen molar-refractivity contribution in [2.24, 2.45) is 0 Å². The molecule has 1 aromatic carbocycles. The van der Waals surface area contributed by atoms with Gasteiger partial charge in [0, 0.05) is 10.0 Å². The van der Waals surface area contributed by atoms with E-state index in [1.807, 2.05) is 0 Å². The highest BCUT2D eigenvalue weighted by Crippen LogP contribution is 2.12. The average Bonchev–Trinajstić information content (AvgIpc) is 1.97. The first-order valence-electron chi connectivity index (χ1n) is 2.73. The maximum atomic E-state index is 5.55. The smallest absolute Gasteiger partial charge is 0.155 e. The van der Waals surface area contributed by atoms with Gasteiger partial charge in [-0.3, -0.25) is 0 Å². The van der Waals surface area contributed by atoms with Gasteiger partial charge in [-0.25, -0.2) is 0 Å². The zero-order chi connectivity index (χ0) is 8.69. The second-order valence-corrected chi connectivity index (χ2v) is 5.04. The summed E-state index contributed by atoms with van der Waals surface area (Å²) in [6.07, 6.45) is 0. The molecule has 0 saturated heterocycles. The van der Waals surface area contributed by atoms with E-state index in [9.17, 15) is 0 Å². The maximum absolute atomic E-state index is 5.55. The Morgan fingerprint density at radius 1 is 0.818 bits per heavy atom. The molecule has 0 atom stereocenters. The van der Waals surface area contributed by atoms with Crippen molar-refractivity contribution >= 4 is 53.5 Å². The van der Waals surface area contributed by atoms with Crippen molar-refractivity contribution in [2.75, 3.05) is 0 Å². The number of rotatable bonds is 0. The minimum Gasteiger partial charge on any atom is -0.155 e. The minimum atomic E-state index is -0.639. The van der Waals surface area contributed by atoms with Crippen LogP contribution >= 0.6 is 45.4 Å². The molecular formula is C6H6Cl4Si. The molecule has 1 aromatic rings. The lowest BCUT2D eigenvalue weighted by molar-refractivity contribution is 1.71. The van der Waals surface area contributed by atoms with Crippen molar-refractivity contribution in [2.45, 2.75) is 0 Å². The summed E-state index contributed by atoms with van der Waals surface area (Å²) in [5.74, 6) is 0. The fraction of sp³-hybridized carbons (Fsp3) is 0. The molecule has 1 rings (SSSR count). The second-order valence-electron chi connectivity index (χ2n) is 1.54. The van der Waals surface area contributed by atoms with E-state index in [0.29, 0.717) is 0 Å². The molecule has 0 saturated carbocycles. The summed E-state index contributed by atoms with van der Waals surface area (Å²) < 4.78 is 0. The van der Waals surface area contributed by atoms with Gasteiger partial charge in [0.2, 0.25) is 8.14 Å². The zero-order valence-corrected chi connectivity index (χ0v) is 9.97. The fourth-order valence-electron chi connectivity index (χ4n) is 0.430. The molecule has 11 heavy (non-hydrogen) atoms. The minimum absolute atomic E-state index is 0.639. The largest absolute Gasteiger partial charge is 0.222 e. The Balaban J connectivity index is 0.000000292. The Labute approximate surface area is 87.6 Å². The molecule has 0 unspecified atom stereocenters. The van der Waals surface area contributed by atoms with Crippen molar-refractivity contribution in [3.8, 4) is 0 Å². The van der Waals surface area contributed by atoms with Crippen molar-refractivity contribution in [3.63, 3.8) is 0 Å². The van der Waals surface area contributed by atoms with Crippen LogP contribution in [-0.4, -0.2) is 8.14 Å². The van der Waals surface area contributed by atoms with Crippen molar-refractivity contribution in [1.29, 1.82) is 0 Å². The average molecular weight is 248 g/mol. The predicted molar refractivity (Wildman–Crippen MR) is 56.7 cm³/mol. The lowest BCUT2D eigenvalue weighted by Crippen LogP contribution is -1.60. The summed E-state index contributed by atoms with van der Waals surface area (Å²) in [5, 5.41) is 1.43. The lowest BCUT2D eigenvalue weighted by atomic mass is 10.4. The Morgan fingerprint density at radius 2 is 1.00 bits per heavy atom. The third-order valence-electron chi connectivity index (χ3n) is 0.804. The van der Waals surface area contributed by atoms with Crippen LogP contribution < -0.4 is 0 Å². The van der Waals surface area contributed by atoms with Crippen LogP contribution in [0.2, 0.25) is 10.0 Å². The molecule has 0 aromatic heterocycles. The van der Waals surface area contributed by atoms with E-state index in [0.717, 1.165) is 10.0 Å². The van der Waals surface area contributed by atoms with Gasteiger partial charge >= 0.3 is 0 Å². The second kappa shape index (κ2) is 7.26. The van der Waals surface area contributed by atoms with E-state index >= 15 is 0 Å². The molecule has 0 bridgehead atoms. The van der Waals surface area contributed by atoms with Gasteiger partial charge in [0.1, 0.15) is 0 Å². The third kappa shape index (κ3) is 6.97. The van der Waals surface area contributed by atoms with E-state index in [2.05, 4.69) is 0 Å². The molecule has 0 aliphatic carbocycles. The van der Waals surface area contributed by atoms with Gasteiger partial charge < -0.3 is 0 Å². The first kappa shape index (κ1) is 11.6. The lowest BCUT2D eigenvalue weighted by Gasteiger charge is -1.86. The molecule has 0 spiro atoms. The van der Waals surface area contributed by atoms with Gasteiger partial charge in [-0.2, -0.15) is 22.2 Å².